The largest absolute Gasteiger partial charge is 0.393 e. The summed E-state index contributed by atoms with van der Waals surface area (Å²) in [6.45, 7) is 6.46. The molecule has 2 unspecified atom stereocenters. The number of hydrogen-bond donors (Lipinski definition) is 1. The monoisotopic (exact) mass is 247 g/mol. The third kappa shape index (κ3) is 3.33. The maximum absolute atomic E-state index is 10.1. The summed E-state index contributed by atoms with van der Waals surface area (Å²) in [5, 5.41) is 10.1. The third-order valence-electron chi connectivity index (χ3n) is 4.04. The van der Waals surface area contributed by atoms with E-state index in [1.54, 1.807) is 0 Å². The minimum absolute atomic E-state index is 0.133. The Bertz CT molecular complexity index is 371. The van der Waals surface area contributed by atoms with E-state index < -0.39 is 0 Å². The Kier molecular flexibility index (Phi) is 4.41. The van der Waals surface area contributed by atoms with Crippen molar-refractivity contribution in [3.8, 4) is 0 Å². The lowest BCUT2D eigenvalue weighted by atomic mass is 9.88. The van der Waals surface area contributed by atoms with E-state index in [0.717, 1.165) is 25.9 Å². The lowest BCUT2D eigenvalue weighted by Crippen LogP contribution is -2.41. The molecule has 1 aromatic rings. The predicted molar refractivity (Wildman–Crippen MR) is 75.8 cm³/mol. The molecule has 2 nitrogen and oxygen atoms in total. The molecule has 0 amide bonds. The van der Waals surface area contributed by atoms with Gasteiger partial charge in [-0.1, -0.05) is 38.1 Å². The summed E-state index contributed by atoms with van der Waals surface area (Å²) in [6, 6.07) is 8.88. The van der Waals surface area contributed by atoms with Gasteiger partial charge in [0.25, 0.3) is 0 Å². The molecular weight excluding hydrogens is 222 g/mol. The van der Waals surface area contributed by atoms with Crippen molar-refractivity contribution in [1.82, 2.24) is 4.90 Å². The van der Waals surface area contributed by atoms with Crippen LogP contribution in [-0.4, -0.2) is 36.2 Å². The molecule has 2 atom stereocenters. The van der Waals surface area contributed by atoms with Crippen molar-refractivity contribution in [3.63, 3.8) is 0 Å². The van der Waals surface area contributed by atoms with Crippen molar-refractivity contribution in [2.24, 2.45) is 5.92 Å². The van der Waals surface area contributed by atoms with Crippen LogP contribution < -0.4 is 0 Å². The zero-order valence-corrected chi connectivity index (χ0v) is 11.8. The molecule has 2 rings (SSSR count). The number of likely N-dealkylation sites (tertiary alicyclic amines) is 1. The molecule has 100 valence electrons. The van der Waals surface area contributed by atoms with Gasteiger partial charge in [-0.25, -0.2) is 0 Å². The maximum Gasteiger partial charge on any atom is 0.0596 e. The van der Waals surface area contributed by atoms with Gasteiger partial charge in [0.05, 0.1) is 6.10 Å². The maximum atomic E-state index is 10.1. The zero-order chi connectivity index (χ0) is 13.1. The van der Waals surface area contributed by atoms with Gasteiger partial charge in [-0.2, -0.15) is 0 Å². The number of hydrogen-bond acceptors (Lipinski definition) is 2. The molecule has 0 bridgehead atoms. The van der Waals surface area contributed by atoms with Crippen molar-refractivity contribution in [2.75, 3.05) is 20.1 Å². The summed E-state index contributed by atoms with van der Waals surface area (Å²) in [7, 11) is 2.14. The molecule has 0 saturated carbocycles. The van der Waals surface area contributed by atoms with Gasteiger partial charge in [0.15, 0.2) is 0 Å². The first-order valence-corrected chi connectivity index (χ1v) is 7.01. The molecule has 0 aromatic heterocycles. The van der Waals surface area contributed by atoms with E-state index in [9.17, 15) is 5.11 Å². The van der Waals surface area contributed by atoms with Gasteiger partial charge >= 0.3 is 0 Å². The van der Waals surface area contributed by atoms with E-state index >= 15 is 0 Å². The first-order chi connectivity index (χ1) is 8.56. The lowest BCUT2D eigenvalue weighted by molar-refractivity contribution is 0.0366. The average molecular weight is 247 g/mol. The molecule has 2 heteroatoms. The van der Waals surface area contributed by atoms with E-state index in [-0.39, 0.29) is 6.10 Å². The van der Waals surface area contributed by atoms with Gasteiger partial charge in [-0.3, -0.25) is 0 Å². The Morgan fingerprint density at radius 3 is 2.56 bits per heavy atom. The summed E-state index contributed by atoms with van der Waals surface area (Å²) >= 11 is 0. The van der Waals surface area contributed by atoms with Crippen molar-refractivity contribution in [1.29, 1.82) is 0 Å². The molecular formula is C16H25NO. The highest BCUT2D eigenvalue weighted by molar-refractivity contribution is 5.25. The summed E-state index contributed by atoms with van der Waals surface area (Å²) < 4.78 is 0. The van der Waals surface area contributed by atoms with Crippen molar-refractivity contribution in [2.45, 2.75) is 38.7 Å². The van der Waals surface area contributed by atoms with Crippen LogP contribution in [0.2, 0.25) is 0 Å². The zero-order valence-electron chi connectivity index (χ0n) is 11.8. The second-order valence-electron chi connectivity index (χ2n) is 5.98. The van der Waals surface area contributed by atoms with Crippen LogP contribution in [0.4, 0.5) is 0 Å². The van der Waals surface area contributed by atoms with Gasteiger partial charge < -0.3 is 10.0 Å². The third-order valence-corrected chi connectivity index (χ3v) is 4.04. The fourth-order valence-corrected chi connectivity index (χ4v) is 2.74. The van der Waals surface area contributed by atoms with Crippen LogP contribution in [0.3, 0.4) is 0 Å². The summed E-state index contributed by atoms with van der Waals surface area (Å²) in [6.07, 6.45) is 1.76. The van der Waals surface area contributed by atoms with Crippen LogP contribution in [0.25, 0.3) is 0 Å². The van der Waals surface area contributed by atoms with Crippen molar-refractivity contribution < 1.29 is 5.11 Å². The minimum atomic E-state index is -0.133. The van der Waals surface area contributed by atoms with Crippen LogP contribution in [-0.2, 0) is 6.42 Å². The van der Waals surface area contributed by atoms with Crippen LogP contribution in [0.1, 0.15) is 37.3 Å². The van der Waals surface area contributed by atoms with Gasteiger partial charge in [-0.05, 0) is 36.9 Å². The summed E-state index contributed by atoms with van der Waals surface area (Å²) in [5.74, 6) is 0.971. The highest BCUT2D eigenvalue weighted by Gasteiger charge is 2.25. The molecule has 18 heavy (non-hydrogen) atoms. The first kappa shape index (κ1) is 13.6. The smallest absolute Gasteiger partial charge is 0.0596 e. The molecule has 1 aliphatic heterocycles. The SMILES string of the molecule is CC(C)c1ccc(CC2CN(C)CCC2O)cc1. The minimum Gasteiger partial charge on any atom is -0.393 e. The Balaban J connectivity index is 1.99. The molecule has 1 heterocycles. The number of benzene rings is 1. The van der Waals surface area contributed by atoms with Gasteiger partial charge in [0.1, 0.15) is 0 Å². The van der Waals surface area contributed by atoms with Gasteiger partial charge in [0, 0.05) is 19.0 Å². The van der Waals surface area contributed by atoms with Gasteiger partial charge in [-0.15, -0.1) is 0 Å². The standard InChI is InChI=1S/C16H25NO/c1-12(2)14-6-4-13(5-7-14)10-15-11-17(3)9-8-16(15)18/h4-7,12,15-16,18H,8-11H2,1-3H3. The molecule has 1 saturated heterocycles. The quantitative estimate of drug-likeness (QED) is 0.887. The molecule has 1 aromatic carbocycles. The molecule has 0 spiro atoms. The number of aliphatic hydroxyl groups excluding tert-OH is 1. The van der Waals surface area contributed by atoms with E-state index in [2.05, 4.69) is 50.1 Å². The number of piperidine rings is 1. The number of rotatable bonds is 3. The normalized spacial score (nSPS) is 25.6. The van der Waals surface area contributed by atoms with E-state index in [4.69, 9.17) is 0 Å². The molecule has 1 N–H and O–H groups in total. The van der Waals surface area contributed by atoms with Crippen LogP contribution >= 0.6 is 0 Å². The topological polar surface area (TPSA) is 23.5 Å². The second-order valence-corrected chi connectivity index (χ2v) is 5.98. The fraction of sp³-hybridized carbons (Fsp3) is 0.625. The number of aliphatic hydroxyl groups is 1. The number of nitrogens with zero attached hydrogens (tertiary/aromatic N) is 1. The molecule has 0 aliphatic carbocycles. The molecule has 1 fully saturated rings. The fourth-order valence-electron chi connectivity index (χ4n) is 2.74. The lowest BCUT2D eigenvalue weighted by Gasteiger charge is -2.34. The molecule has 1 aliphatic rings. The highest BCUT2D eigenvalue weighted by atomic mass is 16.3. The highest BCUT2D eigenvalue weighted by Crippen LogP contribution is 2.22. The van der Waals surface area contributed by atoms with Crippen molar-refractivity contribution in [3.05, 3.63) is 35.4 Å². The first-order valence-electron chi connectivity index (χ1n) is 7.01. The van der Waals surface area contributed by atoms with E-state index in [1.165, 1.54) is 11.1 Å². The van der Waals surface area contributed by atoms with Crippen LogP contribution in [0, 0.1) is 5.92 Å². The summed E-state index contributed by atoms with van der Waals surface area (Å²) in [4.78, 5) is 2.32. The van der Waals surface area contributed by atoms with Crippen LogP contribution in [0.15, 0.2) is 24.3 Å². The summed E-state index contributed by atoms with van der Waals surface area (Å²) in [5.41, 5.74) is 2.74. The Morgan fingerprint density at radius 2 is 1.94 bits per heavy atom. The van der Waals surface area contributed by atoms with Gasteiger partial charge in [0.2, 0.25) is 0 Å². The Hall–Kier alpha value is -0.860. The Labute approximate surface area is 111 Å². The molecule has 0 radical (unpaired) electrons. The average Bonchev–Trinajstić information content (AvgIpc) is 2.34. The second kappa shape index (κ2) is 5.85. The predicted octanol–water partition coefficient (Wildman–Crippen LogP) is 2.67. The van der Waals surface area contributed by atoms with Crippen LogP contribution in [0.5, 0.6) is 0 Å². The van der Waals surface area contributed by atoms with E-state index in [1.807, 2.05) is 0 Å². The van der Waals surface area contributed by atoms with E-state index in [0.29, 0.717) is 11.8 Å². The van der Waals surface area contributed by atoms with Crippen molar-refractivity contribution >= 4 is 0 Å². The Morgan fingerprint density at radius 1 is 1.28 bits per heavy atom.